The second-order valence-corrected chi connectivity index (χ2v) is 12.6. The van der Waals surface area contributed by atoms with Crippen LogP contribution in [0, 0.1) is 0 Å². The Labute approximate surface area is 298 Å². The lowest BCUT2D eigenvalue weighted by atomic mass is 9.96. The first-order chi connectivity index (χ1) is 25.8. The van der Waals surface area contributed by atoms with E-state index in [0.717, 1.165) is 77.5 Å². The smallest absolute Gasteiger partial charge is 0.227 e. The average molecular weight is 669 g/mol. The second-order valence-electron chi connectivity index (χ2n) is 12.6. The minimum atomic E-state index is 0.593. The number of hydrogen-bond donors (Lipinski definition) is 0. The van der Waals surface area contributed by atoms with E-state index in [1.165, 1.54) is 0 Å². The van der Waals surface area contributed by atoms with Gasteiger partial charge in [-0.3, -0.25) is 0 Å². The van der Waals surface area contributed by atoms with Crippen molar-refractivity contribution in [3.8, 4) is 67.9 Å². The van der Waals surface area contributed by atoms with E-state index in [0.29, 0.717) is 23.4 Å². The van der Waals surface area contributed by atoms with Gasteiger partial charge in [-0.1, -0.05) is 146 Å². The van der Waals surface area contributed by atoms with Gasteiger partial charge in [0.2, 0.25) is 5.89 Å². The molecule has 3 heterocycles. The standard InChI is InChI=1S/C46H28N4O2/c1-4-13-30(14-5-1)43-48-44(31-15-6-2-7-16-31)50-45(49-43)32-27-25-29(26-28-32)34-19-11-23-38-40(34)37-22-10-21-36(42(37)51-38)35-20-12-24-39-41(35)47-46(52-39)33-17-8-3-9-18-33/h1-28H. The molecule has 244 valence electrons. The molecule has 0 spiro atoms. The molecule has 0 N–H and O–H groups in total. The van der Waals surface area contributed by atoms with Crippen LogP contribution in [-0.4, -0.2) is 19.9 Å². The molecule has 0 aliphatic heterocycles. The van der Waals surface area contributed by atoms with E-state index in [1.807, 2.05) is 115 Å². The van der Waals surface area contributed by atoms with Crippen LogP contribution in [0.15, 0.2) is 179 Å². The number of benzene rings is 7. The van der Waals surface area contributed by atoms with E-state index in [2.05, 4.69) is 54.6 Å². The SMILES string of the molecule is c1ccc(-c2nc(-c3ccccc3)nc(-c3ccc(-c4cccc5oc6c(-c7cccc8oc(-c9ccccc9)nc78)cccc6c45)cc3)n2)cc1. The number of hydrogen-bond acceptors (Lipinski definition) is 6. The molecule has 0 bridgehead atoms. The zero-order valence-corrected chi connectivity index (χ0v) is 27.8. The minimum Gasteiger partial charge on any atom is -0.455 e. The molecule has 0 radical (unpaired) electrons. The molecular formula is C46H28N4O2. The maximum absolute atomic E-state index is 6.66. The van der Waals surface area contributed by atoms with Crippen molar-refractivity contribution in [3.05, 3.63) is 170 Å². The number of fused-ring (bicyclic) bond motifs is 4. The fraction of sp³-hybridized carbons (Fsp3) is 0. The molecule has 0 saturated heterocycles. The van der Waals surface area contributed by atoms with Gasteiger partial charge in [-0.15, -0.1) is 0 Å². The van der Waals surface area contributed by atoms with Crippen LogP contribution in [0.2, 0.25) is 0 Å². The maximum atomic E-state index is 6.66. The summed E-state index contributed by atoms with van der Waals surface area (Å²) < 4.78 is 12.9. The summed E-state index contributed by atoms with van der Waals surface area (Å²) in [7, 11) is 0. The Morgan fingerprint density at radius 3 is 1.46 bits per heavy atom. The van der Waals surface area contributed by atoms with Gasteiger partial charge in [-0.25, -0.2) is 19.9 Å². The topological polar surface area (TPSA) is 77.8 Å². The van der Waals surface area contributed by atoms with Crippen molar-refractivity contribution in [2.24, 2.45) is 0 Å². The van der Waals surface area contributed by atoms with Crippen LogP contribution in [0.4, 0.5) is 0 Å². The molecule has 0 fully saturated rings. The molecule has 0 saturated carbocycles. The Bertz CT molecular complexity index is 2820. The van der Waals surface area contributed by atoms with Gasteiger partial charge < -0.3 is 8.83 Å². The van der Waals surface area contributed by atoms with Crippen LogP contribution >= 0.6 is 0 Å². The number of para-hydroxylation sites is 2. The highest BCUT2D eigenvalue weighted by atomic mass is 16.3. The third-order valence-electron chi connectivity index (χ3n) is 9.41. The first-order valence-electron chi connectivity index (χ1n) is 17.1. The molecule has 6 heteroatoms. The Morgan fingerprint density at radius 2 is 0.827 bits per heavy atom. The van der Waals surface area contributed by atoms with E-state index < -0.39 is 0 Å². The predicted octanol–water partition coefficient (Wildman–Crippen LogP) is 11.9. The Kier molecular flexibility index (Phi) is 7.03. The molecule has 10 aromatic rings. The fourth-order valence-corrected chi connectivity index (χ4v) is 6.91. The van der Waals surface area contributed by atoms with E-state index in [4.69, 9.17) is 28.8 Å². The summed E-state index contributed by atoms with van der Waals surface area (Å²) in [5, 5.41) is 2.09. The van der Waals surface area contributed by atoms with Crippen LogP contribution in [0.3, 0.4) is 0 Å². The van der Waals surface area contributed by atoms with Crippen LogP contribution in [0.25, 0.3) is 101 Å². The zero-order chi connectivity index (χ0) is 34.4. The minimum absolute atomic E-state index is 0.593. The maximum Gasteiger partial charge on any atom is 0.227 e. The monoisotopic (exact) mass is 668 g/mol. The van der Waals surface area contributed by atoms with Crippen LogP contribution in [0.5, 0.6) is 0 Å². The molecule has 0 unspecified atom stereocenters. The summed E-state index contributed by atoms with van der Waals surface area (Å²) >= 11 is 0. The summed E-state index contributed by atoms with van der Waals surface area (Å²) in [6.45, 7) is 0. The summed E-state index contributed by atoms with van der Waals surface area (Å²) in [6.07, 6.45) is 0. The van der Waals surface area contributed by atoms with Crippen molar-refractivity contribution >= 4 is 33.0 Å². The fourth-order valence-electron chi connectivity index (χ4n) is 6.91. The lowest BCUT2D eigenvalue weighted by Crippen LogP contribution is -2.00. The van der Waals surface area contributed by atoms with Crippen molar-refractivity contribution in [1.82, 2.24) is 19.9 Å². The Hall–Kier alpha value is -7.18. The van der Waals surface area contributed by atoms with Gasteiger partial charge in [0.05, 0.1) is 0 Å². The van der Waals surface area contributed by atoms with Gasteiger partial charge in [0.1, 0.15) is 16.7 Å². The molecule has 52 heavy (non-hydrogen) atoms. The largest absolute Gasteiger partial charge is 0.455 e. The van der Waals surface area contributed by atoms with E-state index >= 15 is 0 Å². The van der Waals surface area contributed by atoms with Gasteiger partial charge in [0, 0.05) is 44.2 Å². The van der Waals surface area contributed by atoms with Crippen LogP contribution in [0.1, 0.15) is 0 Å². The molecule has 10 rings (SSSR count). The molecule has 3 aromatic heterocycles. The van der Waals surface area contributed by atoms with E-state index in [1.54, 1.807) is 0 Å². The summed E-state index contributed by atoms with van der Waals surface area (Å²) in [4.78, 5) is 19.6. The van der Waals surface area contributed by atoms with Gasteiger partial charge >= 0.3 is 0 Å². The normalized spacial score (nSPS) is 11.5. The number of rotatable bonds is 6. The van der Waals surface area contributed by atoms with Crippen molar-refractivity contribution in [1.29, 1.82) is 0 Å². The molecule has 0 aliphatic rings. The van der Waals surface area contributed by atoms with Crippen molar-refractivity contribution in [2.75, 3.05) is 0 Å². The number of aromatic nitrogens is 4. The lowest BCUT2D eigenvalue weighted by molar-refractivity contribution is 0.620. The zero-order valence-electron chi connectivity index (χ0n) is 27.8. The van der Waals surface area contributed by atoms with Gasteiger partial charge in [-0.05, 0) is 35.4 Å². The van der Waals surface area contributed by atoms with Crippen molar-refractivity contribution in [2.45, 2.75) is 0 Å². The molecule has 0 amide bonds. The first kappa shape index (κ1) is 29.7. The Balaban J connectivity index is 1.07. The third-order valence-corrected chi connectivity index (χ3v) is 9.41. The predicted molar refractivity (Wildman–Crippen MR) is 207 cm³/mol. The number of nitrogens with zero attached hydrogens (tertiary/aromatic N) is 4. The van der Waals surface area contributed by atoms with Gasteiger partial charge in [0.15, 0.2) is 23.1 Å². The molecule has 7 aromatic carbocycles. The quantitative estimate of drug-likeness (QED) is 0.175. The molecule has 0 atom stereocenters. The summed E-state index contributed by atoms with van der Waals surface area (Å²) in [5.41, 5.74) is 10.9. The second kappa shape index (κ2) is 12.3. The van der Waals surface area contributed by atoms with Crippen LogP contribution in [-0.2, 0) is 0 Å². The van der Waals surface area contributed by atoms with Gasteiger partial charge in [-0.2, -0.15) is 0 Å². The lowest BCUT2D eigenvalue weighted by Gasteiger charge is -2.09. The molecule has 0 aliphatic carbocycles. The van der Waals surface area contributed by atoms with Crippen molar-refractivity contribution in [3.63, 3.8) is 0 Å². The summed E-state index contributed by atoms with van der Waals surface area (Å²) in [6, 6.07) is 57.0. The highest BCUT2D eigenvalue weighted by Crippen LogP contribution is 2.42. The molecule has 6 nitrogen and oxygen atoms in total. The average Bonchev–Trinajstić information content (AvgIpc) is 3.84. The highest BCUT2D eigenvalue weighted by molar-refractivity contribution is 6.16. The first-order valence-corrected chi connectivity index (χ1v) is 17.1. The van der Waals surface area contributed by atoms with Crippen LogP contribution < -0.4 is 0 Å². The van der Waals surface area contributed by atoms with Crippen molar-refractivity contribution < 1.29 is 8.83 Å². The third kappa shape index (κ3) is 5.13. The number of oxazole rings is 1. The highest BCUT2D eigenvalue weighted by Gasteiger charge is 2.20. The molecular weight excluding hydrogens is 641 g/mol. The van der Waals surface area contributed by atoms with Gasteiger partial charge in [0.25, 0.3) is 0 Å². The number of furan rings is 1. The van der Waals surface area contributed by atoms with E-state index in [9.17, 15) is 0 Å². The summed E-state index contributed by atoms with van der Waals surface area (Å²) in [5.74, 6) is 2.48. The Morgan fingerprint density at radius 1 is 0.327 bits per heavy atom. The van der Waals surface area contributed by atoms with E-state index in [-0.39, 0.29) is 0 Å².